The van der Waals surface area contributed by atoms with Gasteiger partial charge in [0, 0.05) is 37.2 Å². The summed E-state index contributed by atoms with van der Waals surface area (Å²) in [5.74, 6) is 0.267. The zero-order valence-corrected chi connectivity index (χ0v) is 13.6. The minimum atomic E-state index is -0.265. The number of hydrogen-bond donors (Lipinski definition) is 2. The largest absolute Gasteiger partial charge is 0.396 e. The smallest absolute Gasteiger partial charge is 0.273 e. The Morgan fingerprint density at radius 1 is 1.30 bits per heavy atom. The summed E-state index contributed by atoms with van der Waals surface area (Å²) in [6, 6.07) is 5.21. The summed E-state index contributed by atoms with van der Waals surface area (Å²) in [7, 11) is 0. The Kier molecular flexibility index (Phi) is 5.87. The Hall–Kier alpha value is -2.21. The molecule has 0 spiro atoms. The molecule has 0 aliphatic rings. The van der Waals surface area contributed by atoms with Crippen LogP contribution in [0.2, 0.25) is 0 Å². The first-order valence-electron chi connectivity index (χ1n) is 7.90. The van der Waals surface area contributed by atoms with Gasteiger partial charge in [0.2, 0.25) is 0 Å². The van der Waals surface area contributed by atoms with Crippen LogP contribution >= 0.6 is 0 Å². The van der Waals surface area contributed by atoms with Gasteiger partial charge in [0.05, 0.1) is 0 Å². The summed E-state index contributed by atoms with van der Waals surface area (Å²) < 4.78 is 5.23. The highest BCUT2D eigenvalue weighted by Gasteiger charge is 2.26. The van der Waals surface area contributed by atoms with Crippen LogP contribution in [0.15, 0.2) is 35.1 Å². The van der Waals surface area contributed by atoms with Crippen molar-refractivity contribution in [3.63, 3.8) is 0 Å². The number of nitrogens with zero attached hydrogens (tertiary/aromatic N) is 2. The number of aliphatic hydroxyl groups excluding tert-OH is 1. The van der Waals surface area contributed by atoms with E-state index in [1.54, 1.807) is 30.6 Å². The second-order valence-electron chi connectivity index (χ2n) is 5.68. The van der Waals surface area contributed by atoms with E-state index >= 15 is 0 Å². The summed E-state index contributed by atoms with van der Waals surface area (Å²) in [6.45, 7) is 4.77. The van der Waals surface area contributed by atoms with E-state index in [2.05, 4.69) is 29.3 Å². The minimum absolute atomic E-state index is 0.0813. The molecule has 1 amide bonds. The molecule has 0 radical (unpaired) electrons. The summed E-state index contributed by atoms with van der Waals surface area (Å²) in [5.41, 5.74) is 0.993. The molecule has 0 bridgehead atoms. The Labute approximate surface area is 135 Å². The number of carbonyl (C=O) groups excluding carboxylic acids is 1. The molecule has 2 aromatic heterocycles. The summed E-state index contributed by atoms with van der Waals surface area (Å²) in [6.07, 6.45) is 5.77. The normalized spacial score (nSPS) is 11.4. The highest BCUT2D eigenvalue weighted by Crippen LogP contribution is 2.29. The van der Waals surface area contributed by atoms with Crippen molar-refractivity contribution in [3.05, 3.63) is 36.3 Å². The second kappa shape index (κ2) is 7.87. The molecule has 6 heteroatoms. The molecule has 2 rings (SSSR count). The zero-order valence-electron chi connectivity index (χ0n) is 13.6. The van der Waals surface area contributed by atoms with Gasteiger partial charge in [-0.15, -0.1) is 0 Å². The number of nitrogens with one attached hydrogen (secondary N) is 1. The molecule has 124 valence electrons. The van der Waals surface area contributed by atoms with Gasteiger partial charge < -0.3 is 14.9 Å². The third-order valence-electron chi connectivity index (χ3n) is 4.47. The van der Waals surface area contributed by atoms with E-state index in [-0.39, 0.29) is 23.6 Å². The Morgan fingerprint density at radius 2 is 2.00 bits per heavy atom. The van der Waals surface area contributed by atoms with E-state index in [0.29, 0.717) is 18.7 Å². The first kappa shape index (κ1) is 17.1. The van der Waals surface area contributed by atoms with Gasteiger partial charge in [-0.2, -0.15) is 0 Å². The third kappa shape index (κ3) is 4.16. The lowest BCUT2D eigenvalue weighted by Crippen LogP contribution is -2.37. The molecule has 0 saturated carbocycles. The SMILES string of the molecule is CCC(CC)(CCO)CNC(=O)c1cc(-c2ccncc2)on1. The topological polar surface area (TPSA) is 88.2 Å². The van der Waals surface area contributed by atoms with E-state index in [4.69, 9.17) is 4.52 Å². The third-order valence-corrected chi connectivity index (χ3v) is 4.47. The van der Waals surface area contributed by atoms with E-state index < -0.39 is 0 Å². The van der Waals surface area contributed by atoms with Gasteiger partial charge in [-0.05, 0) is 36.8 Å². The number of hydrogen-bond acceptors (Lipinski definition) is 5. The number of carbonyl (C=O) groups is 1. The molecule has 0 aliphatic carbocycles. The molecule has 0 fully saturated rings. The second-order valence-corrected chi connectivity index (χ2v) is 5.68. The molecule has 0 aromatic carbocycles. The van der Waals surface area contributed by atoms with Crippen LogP contribution in [0.4, 0.5) is 0 Å². The monoisotopic (exact) mass is 317 g/mol. The number of aromatic nitrogens is 2. The average Bonchev–Trinajstić information content (AvgIpc) is 3.09. The minimum Gasteiger partial charge on any atom is -0.396 e. The van der Waals surface area contributed by atoms with E-state index in [0.717, 1.165) is 18.4 Å². The fraction of sp³-hybridized carbons (Fsp3) is 0.471. The van der Waals surface area contributed by atoms with Crippen LogP contribution in [0.3, 0.4) is 0 Å². The lowest BCUT2D eigenvalue weighted by molar-refractivity contribution is 0.0898. The van der Waals surface area contributed by atoms with Gasteiger partial charge in [0.15, 0.2) is 11.5 Å². The van der Waals surface area contributed by atoms with Crippen molar-refractivity contribution in [1.29, 1.82) is 0 Å². The molecule has 0 atom stereocenters. The maximum atomic E-state index is 12.3. The van der Waals surface area contributed by atoms with Gasteiger partial charge >= 0.3 is 0 Å². The van der Waals surface area contributed by atoms with Crippen molar-refractivity contribution >= 4 is 5.91 Å². The molecular weight excluding hydrogens is 294 g/mol. The van der Waals surface area contributed by atoms with Gasteiger partial charge in [0.25, 0.3) is 5.91 Å². The van der Waals surface area contributed by atoms with Gasteiger partial charge in [-0.3, -0.25) is 9.78 Å². The average molecular weight is 317 g/mol. The number of aliphatic hydroxyl groups is 1. The van der Waals surface area contributed by atoms with Crippen LogP contribution in [0.5, 0.6) is 0 Å². The molecule has 2 aromatic rings. The highest BCUT2D eigenvalue weighted by atomic mass is 16.5. The molecular formula is C17H23N3O3. The van der Waals surface area contributed by atoms with Crippen molar-refractivity contribution in [1.82, 2.24) is 15.5 Å². The number of amides is 1. The molecule has 2 N–H and O–H groups in total. The van der Waals surface area contributed by atoms with Gasteiger partial charge in [-0.25, -0.2) is 0 Å². The predicted octanol–water partition coefficient (Wildman–Crippen LogP) is 2.66. The fourth-order valence-corrected chi connectivity index (χ4v) is 2.57. The maximum Gasteiger partial charge on any atom is 0.273 e. The lowest BCUT2D eigenvalue weighted by atomic mass is 9.79. The number of pyridine rings is 1. The molecule has 2 heterocycles. The van der Waals surface area contributed by atoms with Crippen molar-refractivity contribution in [2.45, 2.75) is 33.1 Å². The van der Waals surface area contributed by atoms with Crippen LogP contribution in [-0.4, -0.2) is 34.3 Å². The van der Waals surface area contributed by atoms with Gasteiger partial charge in [0.1, 0.15) is 0 Å². The van der Waals surface area contributed by atoms with Crippen molar-refractivity contribution < 1.29 is 14.4 Å². The Morgan fingerprint density at radius 3 is 2.61 bits per heavy atom. The van der Waals surface area contributed by atoms with Crippen molar-refractivity contribution in [2.75, 3.05) is 13.2 Å². The number of rotatable bonds is 8. The quantitative estimate of drug-likeness (QED) is 0.781. The molecule has 6 nitrogen and oxygen atoms in total. The van der Waals surface area contributed by atoms with Crippen molar-refractivity contribution in [2.24, 2.45) is 5.41 Å². The molecule has 23 heavy (non-hydrogen) atoms. The maximum absolute atomic E-state index is 12.3. The predicted molar refractivity (Wildman–Crippen MR) is 86.8 cm³/mol. The standard InChI is InChI=1S/C17H23N3O3/c1-3-17(4-2,7-10-21)12-19-16(22)14-11-15(23-20-14)13-5-8-18-9-6-13/h5-6,8-9,11,21H,3-4,7,10,12H2,1-2H3,(H,19,22). The van der Waals surface area contributed by atoms with Crippen molar-refractivity contribution in [3.8, 4) is 11.3 Å². The summed E-state index contributed by atoms with van der Waals surface area (Å²) in [5, 5.41) is 16.0. The van der Waals surface area contributed by atoms with E-state index in [1.807, 2.05) is 0 Å². The van der Waals surface area contributed by atoms with Crippen LogP contribution in [0.25, 0.3) is 11.3 Å². The highest BCUT2D eigenvalue weighted by molar-refractivity contribution is 5.93. The van der Waals surface area contributed by atoms with Crippen LogP contribution < -0.4 is 5.32 Å². The Balaban J connectivity index is 2.03. The molecule has 0 saturated heterocycles. The van der Waals surface area contributed by atoms with Crippen LogP contribution in [0.1, 0.15) is 43.6 Å². The van der Waals surface area contributed by atoms with E-state index in [1.165, 1.54) is 0 Å². The Bertz CT molecular complexity index is 621. The lowest BCUT2D eigenvalue weighted by Gasteiger charge is -2.31. The van der Waals surface area contributed by atoms with Crippen LogP contribution in [0, 0.1) is 5.41 Å². The summed E-state index contributed by atoms with van der Waals surface area (Å²) in [4.78, 5) is 16.2. The first-order chi connectivity index (χ1) is 11.1. The van der Waals surface area contributed by atoms with E-state index in [9.17, 15) is 9.90 Å². The summed E-state index contributed by atoms with van der Waals surface area (Å²) >= 11 is 0. The molecule has 0 unspecified atom stereocenters. The first-order valence-corrected chi connectivity index (χ1v) is 7.90. The van der Waals surface area contributed by atoms with Crippen LogP contribution in [-0.2, 0) is 0 Å². The van der Waals surface area contributed by atoms with Gasteiger partial charge in [-0.1, -0.05) is 19.0 Å². The fourth-order valence-electron chi connectivity index (χ4n) is 2.57. The molecule has 0 aliphatic heterocycles. The zero-order chi connectivity index (χ0) is 16.7.